The van der Waals surface area contributed by atoms with Gasteiger partial charge in [0.05, 0.1) is 0 Å². The van der Waals surface area contributed by atoms with Crippen LogP contribution in [-0.2, 0) is 9.59 Å². The molecule has 3 nitrogen and oxygen atoms in total. The summed E-state index contributed by atoms with van der Waals surface area (Å²) in [4.78, 5) is 20.9. The average Bonchev–Trinajstić information content (AvgIpc) is 2.15. The number of hydrogen-bond donors (Lipinski definition) is 1. The van der Waals surface area contributed by atoms with Crippen LogP contribution < -0.4 is 0 Å². The van der Waals surface area contributed by atoms with E-state index in [4.69, 9.17) is 28.3 Å². The Morgan fingerprint density at radius 1 is 1.25 bits per heavy atom. The van der Waals surface area contributed by atoms with Gasteiger partial charge in [0.25, 0.3) is 5.78 Å². The van der Waals surface area contributed by atoms with E-state index in [1.165, 1.54) is 12.1 Å². The predicted molar refractivity (Wildman–Crippen MR) is 63.9 cm³/mol. The van der Waals surface area contributed by atoms with E-state index in [2.05, 4.69) is 0 Å². The normalized spacial score (nSPS) is 9.88. The van der Waals surface area contributed by atoms with Gasteiger partial charge in [-0.15, -0.1) is 0 Å². The standard InChI is InChI=1S/C10H6Cl2O3.Na/c11-7-3-1-6(8(12)5-7)2-4-9(13)10(14)15;/h1-5H,(H,14,15);. The molecule has 0 saturated carbocycles. The third-order valence-corrected chi connectivity index (χ3v) is 2.15. The molecule has 1 aromatic carbocycles. The molecular weight excluding hydrogens is 262 g/mol. The van der Waals surface area contributed by atoms with Gasteiger partial charge in [-0.1, -0.05) is 29.3 Å². The second-order valence-electron chi connectivity index (χ2n) is 2.67. The summed E-state index contributed by atoms with van der Waals surface area (Å²) in [5, 5.41) is 9.15. The number of benzene rings is 1. The maximum Gasteiger partial charge on any atom is 0.376 e. The van der Waals surface area contributed by atoms with Gasteiger partial charge in [-0.3, -0.25) is 4.79 Å². The number of carboxylic acids is 1. The summed E-state index contributed by atoms with van der Waals surface area (Å²) >= 11 is 11.5. The summed E-state index contributed by atoms with van der Waals surface area (Å²) in [5.74, 6) is -2.50. The van der Waals surface area contributed by atoms with E-state index in [0.29, 0.717) is 15.6 Å². The molecule has 6 heteroatoms. The number of halogens is 2. The fourth-order valence-electron chi connectivity index (χ4n) is 0.873. The van der Waals surface area contributed by atoms with E-state index >= 15 is 0 Å². The summed E-state index contributed by atoms with van der Waals surface area (Å²) in [6.45, 7) is 0. The molecule has 79 valence electrons. The van der Waals surface area contributed by atoms with Gasteiger partial charge < -0.3 is 5.11 Å². The molecule has 0 fully saturated rings. The smallest absolute Gasteiger partial charge is 0.376 e. The van der Waals surface area contributed by atoms with Gasteiger partial charge in [0.1, 0.15) is 0 Å². The SMILES string of the molecule is O=C(O)C(=O)C=Cc1ccc(Cl)cc1Cl.[Na]. The third-order valence-electron chi connectivity index (χ3n) is 1.59. The van der Waals surface area contributed by atoms with E-state index in [0.717, 1.165) is 6.08 Å². The van der Waals surface area contributed by atoms with E-state index in [1.54, 1.807) is 12.1 Å². The predicted octanol–water partition coefficient (Wildman–Crippen LogP) is 2.28. The molecule has 1 radical (unpaired) electrons. The summed E-state index contributed by atoms with van der Waals surface area (Å²) in [6.07, 6.45) is 2.27. The molecule has 0 unspecified atom stereocenters. The van der Waals surface area contributed by atoms with Crippen molar-refractivity contribution in [3.63, 3.8) is 0 Å². The molecule has 0 spiro atoms. The van der Waals surface area contributed by atoms with Crippen LogP contribution >= 0.6 is 23.2 Å². The number of ketones is 1. The molecule has 0 bridgehead atoms. The zero-order valence-electron chi connectivity index (χ0n) is 8.41. The number of rotatable bonds is 3. The minimum absolute atomic E-state index is 0. The Balaban J connectivity index is 0.00000225. The molecule has 0 aliphatic carbocycles. The first-order valence-electron chi connectivity index (χ1n) is 3.91. The van der Waals surface area contributed by atoms with E-state index in [-0.39, 0.29) is 29.6 Å². The molecule has 1 rings (SSSR count). The van der Waals surface area contributed by atoms with Crippen LogP contribution in [0.3, 0.4) is 0 Å². The first kappa shape index (κ1) is 15.7. The van der Waals surface area contributed by atoms with Crippen LogP contribution in [0.4, 0.5) is 0 Å². The Hall–Kier alpha value is -0.320. The van der Waals surface area contributed by atoms with Gasteiger partial charge in [-0.2, -0.15) is 0 Å². The van der Waals surface area contributed by atoms with Crippen molar-refractivity contribution in [2.75, 3.05) is 0 Å². The summed E-state index contributed by atoms with van der Waals surface area (Å²) in [5.41, 5.74) is 0.538. The third kappa shape index (κ3) is 4.68. The van der Waals surface area contributed by atoms with E-state index < -0.39 is 11.8 Å². The van der Waals surface area contributed by atoms with Crippen LogP contribution in [0.2, 0.25) is 10.0 Å². The molecule has 1 aromatic rings. The zero-order valence-corrected chi connectivity index (χ0v) is 11.9. The summed E-state index contributed by atoms with van der Waals surface area (Å²) in [7, 11) is 0. The summed E-state index contributed by atoms with van der Waals surface area (Å²) < 4.78 is 0. The van der Waals surface area contributed by atoms with Crippen LogP contribution in [0.15, 0.2) is 24.3 Å². The first-order chi connectivity index (χ1) is 7.00. The molecule has 16 heavy (non-hydrogen) atoms. The Morgan fingerprint density at radius 2 is 1.88 bits per heavy atom. The van der Waals surface area contributed by atoms with Gasteiger partial charge in [0.15, 0.2) is 0 Å². The van der Waals surface area contributed by atoms with Gasteiger partial charge >= 0.3 is 5.97 Å². The Bertz CT molecular complexity index is 444. The Morgan fingerprint density at radius 3 is 2.38 bits per heavy atom. The number of carbonyl (C=O) groups excluding carboxylic acids is 1. The average molecular weight is 268 g/mol. The minimum Gasteiger partial charge on any atom is -0.475 e. The Kier molecular flexibility index (Phi) is 6.95. The minimum atomic E-state index is -1.50. The van der Waals surface area contributed by atoms with E-state index in [1.807, 2.05) is 0 Å². The van der Waals surface area contributed by atoms with Crippen LogP contribution in [0, 0.1) is 0 Å². The van der Waals surface area contributed by atoms with E-state index in [9.17, 15) is 9.59 Å². The van der Waals surface area contributed by atoms with Crippen LogP contribution in [-0.4, -0.2) is 46.4 Å². The van der Waals surface area contributed by atoms with Crippen molar-refractivity contribution in [3.05, 3.63) is 39.9 Å². The van der Waals surface area contributed by atoms with Gasteiger partial charge in [0, 0.05) is 39.6 Å². The van der Waals surface area contributed by atoms with Gasteiger partial charge in [0.2, 0.25) is 0 Å². The maximum atomic E-state index is 10.7. The fraction of sp³-hybridized carbons (Fsp3) is 0. The van der Waals surface area contributed by atoms with Crippen LogP contribution in [0.1, 0.15) is 5.56 Å². The number of carbonyl (C=O) groups is 2. The topological polar surface area (TPSA) is 54.4 Å². The number of carboxylic acid groups (broad SMARTS) is 1. The van der Waals surface area contributed by atoms with Gasteiger partial charge in [-0.25, -0.2) is 4.79 Å². The van der Waals surface area contributed by atoms with Crippen LogP contribution in [0.25, 0.3) is 6.08 Å². The molecule has 0 saturated heterocycles. The first-order valence-corrected chi connectivity index (χ1v) is 4.66. The molecule has 1 N–H and O–H groups in total. The molecule has 0 aliphatic heterocycles. The second kappa shape index (κ2) is 7.09. The fourth-order valence-corrected chi connectivity index (χ4v) is 1.34. The molecule has 0 atom stereocenters. The van der Waals surface area contributed by atoms with Crippen LogP contribution in [0.5, 0.6) is 0 Å². The molecule has 0 aliphatic rings. The Labute approximate surface area is 124 Å². The van der Waals surface area contributed by atoms with Crippen molar-refractivity contribution >= 4 is 70.6 Å². The number of aliphatic carboxylic acids is 1. The largest absolute Gasteiger partial charge is 0.475 e. The van der Waals surface area contributed by atoms with Crippen molar-refractivity contribution in [2.45, 2.75) is 0 Å². The second-order valence-corrected chi connectivity index (χ2v) is 3.51. The summed E-state index contributed by atoms with van der Waals surface area (Å²) in [6, 6.07) is 4.70. The molecular formula is C10H6Cl2NaO3. The van der Waals surface area contributed by atoms with Crippen molar-refractivity contribution < 1.29 is 14.7 Å². The molecule has 0 aromatic heterocycles. The maximum absolute atomic E-state index is 10.7. The quantitative estimate of drug-likeness (QED) is 0.519. The van der Waals surface area contributed by atoms with Crippen molar-refractivity contribution in [1.29, 1.82) is 0 Å². The van der Waals surface area contributed by atoms with Crippen molar-refractivity contribution in [1.82, 2.24) is 0 Å². The number of hydrogen-bond acceptors (Lipinski definition) is 2. The monoisotopic (exact) mass is 267 g/mol. The van der Waals surface area contributed by atoms with Gasteiger partial charge in [-0.05, 0) is 29.8 Å². The molecule has 0 amide bonds. The molecule has 0 heterocycles. The van der Waals surface area contributed by atoms with Crippen molar-refractivity contribution in [3.8, 4) is 0 Å². The van der Waals surface area contributed by atoms with Crippen molar-refractivity contribution in [2.24, 2.45) is 0 Å². The zero-order chi connectivity index (χ0) is 11.4.